The second-order valence-corrected chi connectivity index (χ2v) is 5.26. The van der Waals surface area contributed by atoms with E-state index in [1.807, 2.05) is 12.1 Å². The van der Waals surface area contributed by atoms with Crippen LogP contribution >= 0.6 is 11.6 Å². The molecule has 96 valence electrons. The van der Waals surface area contributed by atoms with Crippen molar-refractivity contribution in [2.45, 2.75) is 32.9 Å². The molecule has 0 amide bonds. The van der Waals surface area contributed by atoms with Crippen LogP contribution in [-0.2, 0) is 6.54 Å². The van der Waals surface area contributed by atoms with Crippen molar-refractivity contribution in [3.8, 4) is 11.5 Å². The summed E-state index contributed by atoms with van der Waals surface area (Å²) in [4.78, 5) is 0. The molecular weight excluding hydrogens is 238 g/mol. The Bertz CT molecular complexity index is 386. The topological polar surface area (TPSA) is 30.5 Å². The van der Waals surface area contributed by atoms with E-state index in [0.717, 1.165) is 5.56 Å². The molecule has 1 aromatic carbocycles. The second kappa shape index (κ2) is 5.61. The Hall–Kier alpha value is -0.930. The number of ether oxygens (including phenoxy) is 2. The predicted octanol–water partition coefficient (Wildman–Crippen LogP) is 3.25. The zero-order valence-electron chi connectivity index (χ0n) is 11.1. The molecule has 0 aliphatic heterocycles. The molecule has 0 aliphatic carbocycles. The Labute approximate surface area is 108 Å². The van der Waals surface area contributed by atoms with Crippen molar-refractivity contribution < 1.29 is 9.47 Å². The van der Waals surface area contributed by atoms with Crippen molar-refractivity contribution in [3.63, 3.8) is 0 Å². The van der Waals surface area contributed by atoms with E-state index in [2.05, 4.69) is 26.1 Å². The molecule has 0 saturated heterocycles. The first-order chi connectivity index (χ1) is 7.89. The van der Waals surface area contributed by atoms with E-state index in [4.69, 9.17) is 21.1 Å². The molecule has 0 aliphatic rings. The van der Waals surface area contributed by atoms with Gasteiger partial charge in [-0.25, -0.2) is 0 Å². The van der Waals surface area contributed by atoms with Gasteiger partial charge in [0.05, 0.1) is 19.2 Å². The Morgan fingerprint density at radius 3 is 2.29 bits per heavy atom. The lowest BCUT2D eigenvalue weighted by atomic mass is 10.1. The van der Waals surface area contributed by atoms with Gasteiger partial charge in [-0.05, 0) is 32.4 Å². The molecule has 1 rings (SSSR count). The minimum Gasteiger partial charge on any atom is -0.493 e. The molecule has 17 heavy (non-hydrogen) atoms. The molecule has 1 aromatic rings. The van der Waals surface area contributed by atoms with E-state index in [1.54, 1.807) is 14.2 Å². The van der Waals surface area contributed by atoms with E-state index >= 15 is 0 Å². The van der Waals surface area contributed by atoms with Gasteiger partial charge in [0.25, 0.3) is 0 Å². The van der Waals surface area contributed by atoms with Crippen LogP contribution < -0.4 is 14.8 Å². The zero-order valence-corrected chi connectivity index (χ0v) is 11.8. The van der Waals surface area contributed by atoms with Gasteiger partial charge in [-0.1, -0.05) is 17.7 Å². The Morgan fingerprint density at radius 1 is 1.18 bits per heavy atom. The van der Waals surface area contributed by atoms with Crippen LogP contribution in [0.25, 0.3) is 0 Å². The predicted molar refractivity (Wildman–Crippen MR) is 71.1 cm³/mol. The average Bonchev–Trinajstić information content (AvgIpc) is 2.25. The lowest BCUT2D eigenvalue weighted by Crippen LogP contribution is -2.35. The first kappa shape index (κ1) is 14.1. The molecule has 0 radical (unpaired) electrons. The first-order valence-corrected chi connectivity index (χ1v) is 5.91. The summed E-state index contributed by atoms with van der Waals surface area (Å²) in [6.45, 7) is 7.04. The van der Waals surface area contributed by atoms with Gasteiger partial charge in [-0.3, -0.25) is 0 Å². The summed E-state index contributed by atoms with van der Waals surface area (Å²) in [5.41, 5.74) is 1.05. The SMILES string of the molecule is COc1ccc(CNC(C)(C)C)c(Cl)c1OC. The van der Waals surface area contributed by atoms with Crippen molar-refractivity contribution in [2.75, 3.05) is 14.2 Å². The summed E-state index contributed by atoms with van der Waals surface area (Å²) in [6, 6.07) is 3.81. The number of hydrogen-bond acceptors (Lipinski definition) is 3. The van der Waals surface area contributed by atoms with Gasteiger partial charge in [0.1, 0.15) is 0 Å². The number of nitrogens with one attached hydrogen (secondary N) is 1. The third-order valence-electron chi connectivity index (χ3n) is 2.37. The van der Waals surface area contributed by atoms with Gasteiger partial charge >= 0.3 is 0 Å². The van der Waals surface area contributed by atoms with E-state index in [9.17, 15) is 0 Å². The molecule has 4 heteroatoms. The summed E-state index contributed by atoms with van der Waals surface area (Å²) in [7, 11) is 3.19. The second-order valence-electron chi connectivity index (χ2n) is 4.88. The van der Waals surface area contributed by atoms with Crippen LogP contribution in [-0.4, -0.2) is 19.8 Å². The lowest BCUT2D eigenvalue weighted by Gasteiger charge is -2.21. The van der Waals surface area contributed by atoms with Gasteiger partial charge in [0.2, 0.25) is 0 Å². The van der Waals surface area contributed by atoms with Crippen molar-refractivity contribution in [1.29, 1.82) is 0 Å². The van der Waals surface area contributed by atoms with Gasteiger partial charge < -0.3 is 14.8 Å². The standard InChI is InChI=1S/C13H20ClNO2/c1-13(2,3)15-8-9-6-7-10(16-4)12(17-5)11(9)14/h6-7,15H,8H2,1-5H3. The Balaban J connectivity index is 2.95. The summed E-state index contributed by atoms with van der Waals surface area (Å²) in [5, 5.41) is 3.99. The van der Waals surface area contributed by atoms with Crippen LogP contribution in [0.4, 0.5) is 0 Å². The zero-order chi connectivity index (χ0) is 13.1. The fraction of sp³-hybridized carbons (Fsp3) is 0.538. The molecule has 3 nitrogen and oxygen atoms in total. The van der Waals surface area contributed by atoms with Crippen molar-refractivity contribution in [3.05, 3.63) is 22.7 Å². The molecule has 1 N–H and O–H groups in total. The molecule has 0 saturated carbocycles. The van der Waals surface area contributed by atoms with E-state index in [0.29, 0.717) is 23.1 Å². The quantitative estimate of drug-likeness (QED) is 0.898. The number of hydrogen-bond donors (Lipinski definition) is 1. The van der Waals surface area contributed by atoms with Gasteiger partial charge in [0, 0.05) is 12.1 Å². The minimum absolute atomic E-state index is 0.0521. The highest BCUT2D eigenvalue weighted by molar-refractivity contribution is 6.33. The normalized spacial score (nSPS) is 11.4. The summed E-state index contributed by atoms with van der Waals surface area (Å²) < 4.78 is 10.4. The number of benzene rings is 1. The van der Waals surface area contributed by atoms with Gasteiger partial charge in [-0.2, -0.15) is 0 Å². The smallest absolute Gasteiger partial charge is 0.179 e. The molecule has 0 unspecified atom stereocenters. The Morgan fingerprint density at radius 2 is 1.82 bits per heavy atom. The van der Waals surface area contributed by atoms with E-state index in [1.165, 1.54) is 0 Å². The van der Waals surface area contributed by atoms with Crippen LogP contribution in [0.3, 0.4) is 0 Å². The number of methoxy groups -OCH3 is 2. The monoisotopic (exact) mass is 257 g/mol. The molecule has 0 spiro atoms. The van der Waals surface area contributed by atoms with Crippen molar-refractivity contribution >= 4 is 11.6 Å². The van der Waals surface area contributed by atoms with Crippen LogP contribution in [0.5, 0.6) is 11.5 Å². The summed E-state index contributed by atoms with van der Waals surface area (Å²) >= 11 is 6.28. The third-order valence-corrected chi connectivity index (χ3v) is 2.79. The highest BCUT2D eigenvalue weighted by Crippen LogP contribution is 2.37. The molecule has 0 bridgehead atoms. The van der Waals surface area contributed by atoms with Crippen LogP contribution in [0.1, 0.15) is 26.3 Å². The number of halogens is 1. The molecule has 0 fully saturated rings. The van der Waals surface area contributed by atoms with Crippen LogP contribution in [0.15, 0.2) is 12.1 Å². The molecule has 0 heterocycles. The Kier molecular flexibility index (Phi) is 4.66. The fourth-order valence-electron chi connectivity index (χ4n) is 1.43. The van der Waals surface area contributed by atoms with Crippen molar-refractivity contribution in [1.82, 2.24) is 5.32 Å². The maximum atomic E-state index is 6.28. The molecule has 0 atom stereocenters. The van der Waals surface area contributed by atoms with Gasteiger partial charge in [-0.15, -0.1) is 0 Å². The van der Waals surface area contributed by atoms with E-state index < -0.39 is 0 Å². The minimum atomic E-state index is 0.0521. The molecule has 0 aromatic heterocycles. The highest BCUT2D eigenvalue weighted by atomic mass is 35.5. The average molecular weight is 258 g/mol. The maximum absolute atomic E-state index is 6.28. The maximum Gasteiger partial charge on any atom is 0.179 e. The summed E-state index contributed by atoms with van der Waals surface area (Å²) in [6.07, 6.45) is 0. The first-order valence-electron chi connectivity index (χ1n) is 5.53. The van der Waals surface area contributed by atoms with Crippen LogP contribution in [0, 0.1) is 0 Å². The largest absolute Gasteiger partial charge is 0.493 e. The lowest BCUT2D eigenvalue weighted by molar-refractivity contribution is 0.354. The van der Waals surface area contributed by atoms with Crippen molar-refractivity contribution in [2.24, 2.45) is 0 Å². The van der Waals surface area contributed by atoms with Crippen LogP contribution in [0.2, 0.25) is 5.02 Å². The fourth-order valence-corrected chi connectivity index (χ4v) is 1.73. The van der Waals surface area contributed by atoms with Gasteiger partial charge in [0.15, 0.2) is 11.5 Å². The van der Waals surface area contributed by atoms with E-state index in [-0.39, 0.29) is 5.54 Å². The number of rotatable bonds is 4. The summed E-state index contributed by atoms with van der Waals surface area (Å²) in [5.74, 6) is 1.24. The molecular formula is C13H20ClNO2. The third kappa shape index (κ3) is 3.79. The highest BCUT2D eigenvalue weighted by Gasteiger charge is 2.15.